The van der Waals surface area contributed by atoms with E-state index in [9.17, 15) is 24.4 Å². The molecule has 1 aliphatic rings. The van der Waals surface area contributed by atoms with Crippen molar-refractivity contribution in [3.05, 3.63) is 39.7 Å². The average Bonchev–Trinajstić information content (AvgIpc) is 2.41. The highest BCUT2D eigenvalue weighted by molar-refractivity contribution is 5.78. The number of hydrogen-bond donors (Lipinski definition) is 1. The number of nitro groups is 1. The molecule has 1 aromatic rings. The van der Waals surface area contributed by atoms with Gasteiger partial charge in [0.2, 0.25) is 5.82 Å². The van der Waals surface area contributed by atoms with Crippen LogP contribution in [0.25, 0.3) is 0 Å². The maximum atomic E-state index is 13.6. The number of likely N-dealkylation sites (tertiary alicyclic amines) is 1. The van der Waals surface area contributed by atoms with Crippen LogP contribution in [0.4, 0.5) is 10.1 Å². The molecule has 1 unspecified atom stereocenters. The van der Waals surface area contributed by atoms with E-state index in [0.717, 1.165) is 25.0 Å². The molecule has 0 saturated carbocycles. The Hall–Kier alpha value is -2.02. The average molecular weight is 296 g/mol. The molecule has 1 saturated heterocycles. The molecule has 0 aromatic heterocycles. The molecule has 21 heavy (non-hydrogen) atoms. The van der Waals surface area contributed by atoms with Crippen LogP contribution < -0.4 is 0 Å². The minimum atomic E-state index is -0.976. The van der Waals surface area contributed by atoms with Gasteiger partial charge in [0, 0.05) is 12.6 Å². The van der Waals surface area contributed by atoms with Crippen molar-refractivity contribution in [1.29, 1.82) is 0 Å². The van der Waals surface area contributed by atoms with Gasteiger partial charge in [-0.05, 0) is 44.4 Å². The standard InChI is InChI=1S/C14H17FN2O4/c1-14(13(18)19)6-2-3-7-16(14)9-10-4-5-12(17(20)21)11(15)8-10/h4-5,8H,2-3,6-7,9H2,1H3,(H,18,19). The summed E-state index contributed by atoms with van der Waals surface area (Å²) in [5, 5.41) is 20.0. The van der Waals surface area contributed by atoms with E-state index < -0.39 is 27.9 Å². The smallest absolute Gasteiger partial charge is 0.323 e. The van der Waals surface area contributed by atoms with Crippen molar-refractivity contribution in [3.8, 4) is 0 Å². The Bertz CT molecular complexity index is 578. The molecule has 2 rings (SSSR count). The van der Waals surface area contributed by atoms with Crippen molar-refractivity contribution < 1.29 is 19.2 Å². The minimum absolute atomic E-state index is 0.262. The zero-order chi connectivity index (χ0) is 15.6. The van der Waals surface area contributed by atoms with E-state index in [4.69, 9.17) is 0 Å². The fourth-order valence-corrected chi connectivity index (χ4v) is 2.69. The molecule has 7 heteroatoms. The fraction of sp³-hybridized carbons (Fsp3) is 0.500. The zero-order valence-corrected chi connectivity index (χ0v) is 11.7. The molecule has 0 spiro atoms. The summed E-state index contributed by atoms with van der Waals surface area (Å²) >= 11 is 0. The summed E-state index contributed by atoms with van der Waals surface area (Å²) in [6.07, 6.45) is 2.27. The van der Waals surface area contributed by atoms with Gasteiger partial charge in [-0.1, -0.05) is 6.07 Å². The fourth-order valence-electron chi connectivity index (χ4n) is 2.69. The molecule has 1 heterocycles. The number of hydrogen-bond acceptors (Lipinski definition) is 4. The lowest BCUT2D eigenvalue weighted by atomic mass is 9.88. The van der Waals surface area contributed by atoms with E-state index >= 15 is 0 Å². The summed E-state index contributed by atoms with van der Waals surface area (Å²) < 4.78 is 13.6. The number of nitrogens with zero attached hydrogens (tertiary/aromatic N) is 2. The van der Waals surface area contributed by atoms with Crippen molar-refractivity contribution in [2.45, 2.75) is 38.3 Å². The largest absolute Gasteiger partial charge is 0.480 e. The predicted octanol–water partition coefficient (Wildman–Crippen LogP) is 2.56. The third-order valence-corrected chi connectivity index (χ3v) is 4.08. The summed E-state index contributed by atoms with van der Waals surface area (Å²) in [7, 11) is 0. The predicted molar refractivity (Wildman–Crippen MR) is 73.4 cm³/mol. The van der Waals surface area contributed by atoms with Gasteiger partial charge in [-0.15, -0.1) is 0 Å². The van der Waals surface area contributed by atoms with Gasteiger partial charge in [0.1, 0.15) is 5.54 Å². The first-order valence-electron chi connectivity index (χ1n) is 6.76. The number of piperidine rings is 1. The van der Waals surface area contributed by atoms with E-state index in [-0.39, 0.29) is 6.54 Å². The van der Waals surface area contributed by atoms with Crippen molar-refractivity contribution in [3.63, 3.8) is 0 Å². The lowest BCUT2D eigenvalue weighted by Crippen LogP contribution is -2.54. The summed E-state index contributed by atoms with van der Waals surface area (Å²) in [4.78, 5) is 23.1. The molecule has 1 aliphatic heterocycles. The highest BCUT2D eigenvalue weighted by Gasteiger charge is 2.41. The first-order chi connectivity index (χ1) is 9.84. The second kappa shape index (κ2) is 5.77. The van der Waals surface area contributed by atoms with Gasteiger partial charge in [0.25, 0.3) is 0 Å². The van der Waals surface area contributed by atoms with Crippen LogP contribution in [0.2, 0.25) is 0 Å². The summed E-state index contributed by atoms with van der Waals surface area (Å²) in [6.45, 7) is 2.54. The molecule has 0 amide bonds. The number of benzene rings is 1. The highest BCUT2D eigenvalue weighted by Crippen LogP contribution is 2.30. The maximum Gasteiger partial charge on any atom is 0.323 e. The SMILES string of the molecule is CC1(C(=O)O)CCCCN1Cc1ccc([N+](=O)[O-])c(F)c1. The van der Waals surface area contributed by atoms with Crippen molar-refractivity contribution in [2.75, 3.05) is 6.54 Å². The minimum Gasteiger partial charge on any atom is -0.480 e. The van der Waals surface area contributed by atoms with Crippen LogP contribution >= 0.6 is 0 Å². The molecule has 0 aliphatic carbocycles. The quantitative estimate of drug-likeness (QED) is 0.682. The topological polar surface area (TPSA) is 83.7 Å². The van der Waals surface area contributed by atoms with Crippen molar-refractivity contribution in [1.82, 2.24) is 4.90 Å². The molecule has 1 N–H and O–H groups in total. The Kier molecular flexibility index (Phi) is 4.22. The van der Waals surface area contributed by atoms with E-state index in [1.54, 1.807) is 11.8 Å². The van der Waals surface area contributed by atoms with Gasteiger partial charge in [0.15, 0.2) is 0 Å². The van der Waals surface area contributed by atoms with Crippen LogP contribution in [-0.2, 0) is 11.3 Å². The van der Waals surface area contributed by atoms with Crippen LogP contribution in [0, 0.1) is 15.9 Å². The van der Waals surface area contributed by atoms with Gasteiger partial charge in [-0.3, -0.25) is 19.8 Å². The van der Waals surface area contributed by atoms with Crippen LogP contribution in [0.15, 0.2) is 18.2 Å². The van der Waals surface area contributed by atoms with Crippen molar-refractivity contribution >= 4 is 11.7 Å². The molecule has 0 radical (unpaired) electrons. The van der Waals surface area contributed by atoms with Gasteiger partial charge >= 0.3 is 11.7 Å². The molecular weight excluding hydrogens is 279 g/mol. The number of nitro benzene ring substituents is 1. The molecule has 1 atom stereocenters. The number of aliphatic carboxylic acids is 1. The normalized spacial score (nSPS) is 23.0. The van der Waals surface area contributed by atoms with Crippen LogP contribution in [-0.4, -0.2) is 33.0 Å². The number of halogens is 1. The summed E-state index contributed by atoms with van der Waals surface area (Å²) in [5.41, 5.74) is -1.01. The summed E-state index contributed by atoms with van der Waals surface area (Å²) in [5.74, 6) is -1.80. The van der Waals surface area contributed by atoms with E-state index in [1.807, 2.05) is 0 Å². The molecule has 1 aromatic carbocycles. The first-order valence-corrected chi connectivity index (χ1v) is 6.76. The first kappa shape index (κ1) is 15.4. The van der Waals surface area contributed by atoms with Crippen molar-refractivity contribution in [2.24, 2.45) is 0 Å². The Labute approximate surface area is 121 Å². The van der Waals surface area contributed by atoms with E-state index in [2.05, 4.69) is 0 Å². The Morgan fingerprint density at radius 1 is 1.52 bits per heavy atom. The molecular formula is C14H17FN2O4. The number of carbonyl (C=O) groups is 1. The molecule has 6 nitrogen and oxygen atoms in total. The Morgan fingerprint density at radius 2 is 2.24 bits per heavy atom. The number of carboxylic acid groups (broad SMARTS) is 1. The second-order valence-electron chi connectivity index (χ2n) is 5.50. The lowest BCUT2D eigenvalue weighted by molar-refractivity contribution is -0.387. The number of carboxylic acids is 1. The molecule has 0 bridgehead atoms. The van der Waals surface area contributed by atoms with Gasteiger partial charge in [-0.2, -0.15) is 4.39 Å². The monoisotopic (exact) mass is 296 g/mol. The zero-order valence-electron chi connectivity index (χ0n) is 11.7. The van der Waals surface area contributed by atoms with Gasteiger partial charge in [0.05, 0.1) is 4.92 Å². The molecule has 1 fully saturated rings. The molecule has 114 valence electrons. The van der Waals surface area contributed by atoms with Gasteiger partial charge in [-0.25, -0.2) is 0 Å². The van der Waals surface area contributed by atoms with Crippen LogP contribution in [0.3, 0.4) is 0 Å². The Morgan fingerprint density at radius 3 is 2.81 bits per heavy atom. The maximum absolute atomic E-state index is 13.6. The summed E-state index contributed by atoms with van der Waals surface area (Å²) in [6, 6.07) is 3.69. The van der Waals surface area contributed by atoms with E-state index in [1.165, 1.54) is 6.07 Å². The third-order valence-electron chi connectivity index (χ3n) is 4.08. The second-order valence-corrected chi connectivity index (χ2v) is 5.50. The number of rotatable bonds is 4. The van der Waals surface area contributed by atoms with E-state index in [0.29, 0.717) is 18.5 Å². The third kappa shape index (κ3) is 3.02. The van der Waals surface area contributed by atoms with Gasteiger partial charge < -0.3 is 5.11 Å². The Balaban J connectivity index is 2.22. The van der Waals surface area contributed by atoms with Crippen LogP contribution in [0.5, 0.6) is 0 Å². The lowest BCUT2D eigenvalue weighted by Gasteiger charge is -2.41. The van der Waals surface area contributed by atoms with Crippen LogP contribution in [0.1, 0.15) is 31.7 Å². The highest BCUT2D eigenvalue weighted by atomic mass is 19.1.